The molecule has 10 nitrogen and oxygen atoms in total. The van der Waals surface area contributed by atoms with Crippen molar-refractivity contribution in [3.63, 3.8) is 0 Å². The highest BCUT2D eigenvalue weighted by Gasteiger charge is 2.47. The van der Waals surface area contributed by atoms with Gasteiger partial charge in [-0.15, -0.1) is 0 Å². The SMILES string of the molecule is CCC(C)[C@H](NC(=O)Cc1ccccc1F)C(=O)N[C@]1(C(=O)N[C@H](NC(=O)Cc2ccncc2)[C@@H](C)CC)CCc2[nH]c3c(C(F)(F)F)cccc3c2C1. The van der Waals surface area contributed by atoms with E-state index in [2.05, 4.69) is 31.2 Å². The van der Waals surface area contributed by atoms with E-state index in [0.29, 0.717) is 29.7 Å². The molecule has 1 aliphatic rings. The van der Waals surface area contributed by atoms with Crippen LogP contribution >= 0.6 is 0 Å². The van der Waals surface area contributed by atoms with E-state index in [-0.39, 0.29) is 60.4 Å². The number of alkyl halides is 3. The van der Waals surface area contributed by atoms with Crippen LogP contribution in [0.25, 0.3) is 10.9 Å². The van der Waals surface area contributed by atoms with Gasteiger partial charge in [-0.05, 0) is 72.1 Å². The van der Waals surface area contributed by atoms with Gasteiger partial charge in [-0.2, -0.15) is 13.2 Å². The maximum Gasteiger partial charge on any atom is 0.418 e. The van der Waals surface area contributed by atoms with Crippen LogP contribution in [0.5, 0.6) is 0 Å². The van der Waals surface area contributed by atoms with Gasteiger partial charge < -0.3 is 26.3 Å². The zero-order valence-corrected chi connectivity index (χ0v) is 30.7. The number of para-hydroxylation sites is 1. The topological polar surface area (TPSA) is 145 Å². The highest BCUT2D eigenvalue weighted by Crippen LogP contribution is 2.40. The second-order valence-electron chi connectivity index (χ2n) is 14.2. The molecule has 4 amide bonds. The van der Waals surface area contributed by atoms with Gasteiger partial charge in [0, 0.05) is 29.9 Å². The van der Waals surface area contributed by atoms with Crippen molar-refractivity contribution in [1.82, 2.24) is 31.2 Å². The molecule has 288 valence electrons. The number of amides is 4. The number of aromatic nitrogens is 2. The van der Waals surface area contributed by atoms with Gasteiger partial charge in [-0.3, -0.25) is 24.2 Å². The smallest absolute Gasteiger partial charge is 0.358 e. The number of halogens is 4. The number of fused-ring (bicyclic) bond motifs is 3. The maximum absolute atomic E-state index is 14.7. The Hall–Kier alpha value is -5.27. The van der Waals surface area contributed by atoms with E-state index in [0.717, 1.165) is 6.07 Å². The first-order valence-corrected chi connectivity index (χ1v) is 18.2. The minimum atomic E-state index is -4.64. The van der Waals surface area contributed by atoms with E-state index in [1.807, 2.05) is 20.8 Å². The predicted molar refractivity (Wildman–Crippen MR) is 195 cm³/mol. The summed E-state index contributed by atoms with van der Waals surface area (Å²) in [7, 11) is 0. The van der Waals surface area contributed by atoms with Gasteiger partial charge in [0.2, 0.25) is 23.6 Å². The Labute approximate surface area is 311 Å². The first kappa shape index (κ1) is 39.9. The molecule has 0 bridgehead atoms. The van der Waals surface area contributed by atoms with Crippen molar-refractivity contribution in [2.75, 3.05) is 0 Å². The van der Waals surface area contributed by atoms with E-state index in [1.165, 1.54) is 24.3 Å². The lowest BCUT2D eigenvalue weighted by atomic mass is 9.78. The lowest BCUT2D eigenvalue weighted by molar-refractivity contribution is -0.138. The quantitative estimate of drug-likeness (QED) is 0.0832. The molecule has 2 aromatic carbocycles. The second-order valence-corrected chi connectivity index (χ2v) is 14.2. The Morgan fingerprint density at radius 1 is 0.870 bits per heavy atom. The van der Waals surface area contributed by atoms with Crippen LogP contribution in [-0.2, 0) is 51.0 Å². The average Bonchev–Trinajstić information content (AvgIpc) is 3.51. The molecular weight excluding hydrogens is 704 g/mol. The number of carbonyl (C=O) groups is 4. The zero-order valence-electron chi connectivity index (χ0n) is 30.7. The molecule has 2 heterocycles. The summed E-state index contributed by atoms with van der Waals surface area (Å²) >= 11 is 0. The van der Waals surface area contributed by atoms with Crippen LogP contribution in [-0.4, -0.2) is 51.3 Å². The summed E-state index contributed by atoms with van der Waals surface area (Å²) in [5, 5.41) is 11.8. The van der Waals surface area contributed by atoms with Crippen molar-refractivity contribution >= 4 is 34.5 Å². The van der Waals surface area contributed by atoms with Crippen molar-refractivity contribution in [1.29, 1.82) is 0 Å². The average molecular weight is 751 g/mol. The number of carbonyl (C=O) groups excluding carboxylic acids is 4. The Morgan fingerprint density at radius 2 is 1.56 bits per heavy atom. The molecule has 54 heavy (non-hydrogen) atoms. The van der Waals surface area contributed by atoms with Gasteiger partial charge in [-0.25, -0.2) is 4.39 Å². The first-order chi connectivity index (χ1) is 25.7. The molecule has 2 aromatic heterocycles. The number of hydrogen-bond donors (Lipinski definition) is 5. The van der Waals surface area contributed by atoms with Gasteiger partial charge in [0.15, 0.2) is 0 Å². The van der Waals surface area contributed by atoms with Crippen molar-refractivity contribution in [2.24, 2.45) is 11.8 Å². The molecule has 0 saturated heterocycles. The molecule has 5 rings (SSSR count). The van der Waals surface area contributed by atoms with E-state index in [4.69, 9.17) is 0 Å². The van der Waals surface area contributed by atoms with Crippen LogP contribution in [0.4, 0.5) is 17.6 Å². The van der Waals surface area contributed by atoms with Gasteiger partial charge >= 0.3 is 6.18 Å². The molecule has 14 heteroatoms. The van der Waals surface area contributed by atoms with Crippen molar-refractivity contribution in [3.05, 3.63) is 101 Å². The van der Waals surface area contributed by atoms with E-state index < -0.39 is 58.9 Å². The fraction of sp³-hybridized carbons (Fsp3) is 0.425. The summed E-state index contributed by atoms with van der Waals surface area (Å²) in [5.74, 6) is -3.52. The number of nitrogens with zero attached hydrogens (tertiary/aromatic N) is 1. The number of aromatic amines is 1. The molecule has 5 atom stereocenters. The first-order valence-electron chi connectivity index (χ1n) is 18.2. The number of aryl methyl sites for hydroxylation is 1. The molecular formula is C40H46F4N6O4. The molecule has 0 spiro atoms. The number of pyridine rings is 1. The summed E-state index contributed by atoms with van der Waals surface area (Å²) in [6.45, 7) is 7.34. The molecule has 0 radical (unpaired) electrons. The normalized spacial score (nSPS) is 17.8. The van der Waals surface area contributed by atoms with Crippen LogP contribution in [0.2, 0.25) is 0 Å². The zero-order chi connectivity index (χ0) is 39.2. The molecule has 0 fully saturated rings. The lowest BCUT2D eigenvalue weighted by Gasteiger charge is -2.40. The van der Waals surface area contributed by atoms with Crippen LogP contribution in [0.15, 0.2) is 67.0 Å². The summed E-state index contributed by atoms with van der Waals surface area (Å²) < 4.78 is 56.6. The van der Waals surface area contributed by atoms with Crippen molar-refractivity contribution in [3.8, 4) is 0 Å². The fourth-order valence-electron chi connectivity index (χ4n) is 6.87. The van der Waals surface area contributed by atoms with Crippen molar-refractivity contribution < 1.29 is 36.7 Å². The molecule has 1 unspecified atom stereocenters. The van der Waals surface area contributed by atoms with Gasteiger partial charge in [0.05, 0.1) is 23.9 Å². The van der Waals surface area contributed by atoms with E-state index >= 15 is 0 Å². The highest BCUT2D eigenvalue weighted by molar-refractivity contribution is 5.97. The number of benzene rings is 2. The van der Waals surface area contributed by atoms with Gasteiger partial charge in [-0.1, -0.05) is 64.4 Å². The van der Waals surface area contributed by atoms with Crippen LogP contribution in [0, 0.1) is 17.7 Å². The minimum Gasteiger partial charge on any atom is -0.358 e. The minimum absolute atomic E-state index is 0.000330. The van der Waals surface area contributed by atoms with Crippen LogP contribution in [0.3, 0.4) is 0 Å². The standard InChI is InChI=1S/C40H46F4N6O4/c1-5-23(3)34(47-33(52)21-26-10-7-8-13-30(26)41)37(53)50-39(17-14-31-28(22-39)27-11-9-12-29(35(27)46-31)40(42,43)44)38(54)49-36(24(4)6-2)48-32(51)20-25-15-18-45-19-16-25/h7-13,15-16,18-19,23-24,34,36,46H,5-6,14,17,20-22H2,1-4H3,(H,47,52)(H,48,51)(H,49,54)(H,50,53)/t23?,24-,34-,36-,39+/m0/s1. The Bertz CT molecular complexity index is 1980. The fourth-order valence-corrected chi connectivity index (χ4v) is 6.87. The van der Waals surface area contributed by atoms with Crippen molar-refractivity contribution in [2.45, 2.75) is 96.6 Å². The maximum atomic E-state index is 14.7. The monoisotopic (exact) mass is 750 g/mol. The largest absolute Gasteiger partial charge is 0.418 e. The number of H-pyrrole nitrogens is 1. The third-order valence-electron chi connectivity index (χ3n) is 10.5. The number of nitrogens with one attached hydrogen (secondary N) is 5. The highest BCUT2D eigenvalue weighted by atomic mass is 19.4. The molecule has 5 N–H and O–H groups in total. The van der Waals surface area contributed by atoms with Crippen LogP contribution in [0.1, 0.15) is 74.9 Å². The third kappa shape index (κ3) is 9.08. The Balaban J connectivity index is 1.49. The van der Waals surface area contributed by atoms with Crippen LogP contribution < -0.4 is 21.3 Å². The number of hydrogen-bond acceptors (Lipinski definition) is 5. The summed E-state index contributed by atoms with van der Waals surface area (Å²) in [6, 6.07) is 11.9. The molecule has 4 aromatic rings. The Morgan fingerprint density at radius 3 is 2.22 bits per heavy atom. The molecule has 1 aliphatic carbocycles. The van der Waals surface area contributed by atoms with E-state index in [1.54, 1.807) is 43.6 Å². The second kappa shape index (κ2) is 16.8. The predicted octanol–water partition coefficient (Wildman–Crippen LogP) is 5.69. The third-order valence-corrected chi connectivity index (χ3v) is 10.5. The van der Waals surface area contributed by atoms with Gasteiger partial charge in [0.1, 0.15) is 23.6 Å². The van der Waals surface area contributed by atoms with E-state index in [9.17, 15) is 36.7 Å². The molecule has 0 aliphatic heterocycles. The Kier molecular flexibility index (Phi) is 12.4. The molecule has 0 saturated carbocycles. The number of rotatable bonds is 14. The summed E-state index contributed by atoms with van der Waals surface area (Å²) in [4.78, 5) is 62.3. The lowest BCUT2D eigenvalue weighted by Crippen LogP contribution is -2.67. The summed E-state index contributed by atoms with van der Waals surface area (Å²) in [5.41, 5.74) is -0.840. The summed E-state index contributed by atoms with van der Waals surface area (Å²) in [6.07, 6.45) is -1.70. The van der Waals surface area contributed by atoms with Gasteiger partial charge in [0.25, 0.3) is 0 Å².